The summed E-state index contributed by atoms with van der Waals surface area (Å²) in [4.78, 5) is 5.37. The zero-order valence-corrected chi connectivity index (χ0v) is 10.6. The zero-order valence-electron chi connectivity index (χ0n) is 8.26. The van der Waals surface area contributed by atoms with Crippen molar-refractivity contribution in [2.45, 2.75) is 0 Å². The first kappa shape index (κ1) is 10.4. The van der Waals surface area contributed by atoms with Crippen LogP contribution >= 0.6 is 34.5 Å². The van der Waals surface area contributed by atoms with Gasteiger partial charge in [0, 0.05) is 16.6 Å². The molecule has 0 fully saturated rings. The van der Waals surface area contributed by atoms with Gasteiger partial charge in [-0.05, 0) is 12.1 Å². The maximum atomic E-state index is 6.35. The van der Waals surface area contributed by atoms with Crippen molar-refractivity contribution in [2.24, 2.45) is 4.99 Å². The molecule has 16 heavy (non-hydrogen) atoms. The van der Waals surface area contributed by atoms with Crippen molar-refractivity contribution in [1.29, 1.82) is 0 Å². The van der Waals surface area contributed by atoms with E-state index in [2.05, 4.69) is 10.3 Å². The first-order chi connectivity index (χ1) is 7.77. The van der Waals surface area contributed by atoms with E-state index in [4.69, 9.17) is 23.2 Å². The third-order valence-corrected chi connectivity index (χ3v) is 4.46. The second kappa shape index (κ2) is 3.91. The lowest BCUT2D eigenvalue weighted by Gasteiger charge is -1.98. The number of amidine groups is 1. The number of nitrogens with one attached hydrogen (secondary N) is 1. The fourth-order valence-corrected chi connectivity index (χ4v) is 3.72. The van der Waals surface area contributed by atoms with E-state index in [0.29, 0.717) is 10.0 Å². The molecule has 0 saturated heterocycles. The second-order valence-corrected chi connectivity index (χ2v) is 5.35. The standard InChI is InChI=1S/C11H8Cl2N2S/c12-6-2-1-3-7-8(6)9(13)10(16-7)11-14-4-5-15-11/h1-3H,4-5H2,(H,14,15). The van der Waals surface area contributed by atoms with Gasteiger partial charge < -0.3 is 5.32 Å². The number of hydrogen-bond acceptors (Lipinski definition) is 3. The van der Waals surface area contributed by atoms with Crippen LogP contribution in [0.25, 0.3) is 10.1 Å². The molecule has 1 N–H and O–H groups in total. The monoisotopic (exact) mass is 270 g/mol. The number of fused-ring (bicyclic) bond motifs is 1. The molecule has 1 aromatic heterocycles. The molecule has 0 bridgehead atoms. The van der Waals surface area contributed by atoms with Crippen LogP contribution in [-0.2, 0) is 0 Å². The van der Waals surface area contributed by atoms with E-state index in [1.54, 1.807) is 11.3 Å². The number of benzene rings is 1. The minimum absolute atomic E-state index is 0.698. The molecule has 2 nitrogen and oxygen atoms in total. The Labute approximate surface area is 107 Å². The summed E-state index contributed by atoms with van der Waals surface area (Å²) in [6, 6.07) is 5.82. The van der Waals surface area contributed by atoms with E-state index in [9.17, 15) is 0 Å². The van der Waals surface area contributed by atoms with Gasteiger partial charge in [0.05, 0.1) is 21.5 Å². The Morgan fingerprint density at radius 1 is 1.31 bits per heavy atom. The summed E-state index contributed by atoms with van der Waals surface area (Å²) in [7, 11) is 0. The summed E-state index contributed by atoms with van der Waals surface area (Å²) in [5.74, 6) is 0.891. The van der Waals surface area contributed by atoms with Crippen LogP contribution in [0.15, 0.2) is 23.2 Å². The molecule has 0 amide bonds. The lowest BCUT2D eigenvalue weighted by Crippen LogP contribution is -2.18. The maximum absolute atomic E-state index is 6.35. The van der Waals surface area contributed by atoms with E-state index in [-0.39, 0.29) is 0 Å². The largest absolute Gasteiger partial charge is 0.367 e. The molecule has 5 heteroatoms. The van der Waals surface area contributed by atoms with Gasteiger partial charge in [-0.2, -0.15) is 0 Å². The van der Waals surface area contributed by atoms with Crippen LogP contribution in [0, 0.1) is 0 Å². The Balaban J connectivity index is 2.27. The average molecular weight is 271 g/mol. The first-order valence-corrected chi connectivity index (χ1v) is 6.50. The molecule has 0 saturated carbocycles. The lowest BCUT2D eigenvalue weighted by molar-refractivity contribution is 0.960. The van der Waals surface area contributed by atoms with Crippen LogP contribution in [0.2, 0.25) is 10.0 Å². The Morgan fingerprint density at radius 2 is 2.19 bits per heavy atom. The van der Waals surface area contributed by atoms with Gasteiger partial charge in [0.25, 0.3) is 0 Å². The van der Waals surface area contributed by atoms with Gasteiger partial charge in [-0.3, -0.25) is 4.99 Å². The van der Waals surface area contributed by atoms with Crippen LogP contribution in [0.4, 0.5) is 0 Å². The third kappa shape index (κ3) is 1.51. The van der Waals surface area contributed by atoms with Crippen molar-refractivity contribution in [3.63, 3.8) is 0 Å². The summed E-state index contributed by atoms with van der Waals surface area (Å²) in [6.45, 7) is 1.70. The predicted molar refractivity (Wildman–Crippen MR) is 71.3 cm³/mol. The topological polar surface area (TPSA) is 24.4 Å². The summed E-state index contributed by atoms with van der Waals surface area (Å²) < 4.78 is 1.10. The van der Waals surface area contributed by atoms with Crippen LogP contribution < -0.4 is 5.32 Å². The van der Waals surface area contributed by atoms with Crippen molar-refractivity contribution in [2.75, 3.05) is 13.1 Å². The minimum atomic E-state index is 0.698. The summed E-state index contributed by atoms with van der Waals surface area (Å²) in [6.07, 6.45) is 0. The van der Waals surface area contributed by atoms with E-state index in [1.165, 1.54) is 0 Å². The number of aliphatic imine (C=N–C) groups is 1. The van der Waals surface area contributed by atoms with Gasteiger partial charge in [0.1, 0.15) is 5.84 Å². The van der Waals surface area contributed by atoms with E-state index in [0.717, 1.165) is 33.9 Å². The van der Waals surface area contributed by atoms with Crippen molar-refractivity contribution in [3.05, 3.63) is 33.1 Å². The van der Waals surface area contributed by atoms with Gasteiger partial charge in [0.2, 0.25) is 0 Å². The Bertz CT molecular complexity index is 589. The predicted octanol–water partition coefficient (Wildman–Crippen LogP) is 3.56. The Morgan fingerprint density at radius 3 is 2.88 bits per heavy atom. The maximum Gasteiger partial charge on any atom is 0.140 e. The number of nitrogens with zero attached hydrogens (tertiary/aromatic N) is 1. The van der Waals surface area contributed by atoms with Gasteiger partial charge in [0.15, 0.2) is 0 Å². The molecular formula is C11H8Cl2N2S. The molecule has 1 aliphatic rings. The molecule has 0 aliphatic carbocycles. The fraction of sp³-hybridized carbons (Fsp3) is 0.182. The first-order valence-electron chi connectivity index (χ1n) is 4.92. The van der Waals surface area contributed by atoms with Gasteiger partial charge >= 0.3 is 0 Å². The molecule has 2 aromatic rings. The highest BCUT2D eigenvalue weighted by molar-refractivity contribution is 7.21. The minimum Gasteiger partial charge on any atom is -0.367 e. The summed E-state index contributed by atoms with van der Waals surface area (Å²) in [5, 5.41) is 5.56. The second-order valence-electron chi connectivity index (χ2n) is 3.52. The van der Waals surface area contributed by atoms with Crippen LogP contribution in [-0.4, -0.2) is 18.9 Å². The zero-order chi connectivity index (χ0) is 11.1. The van der Waals surface area contributed by atoms with Crippen molar-refractivity contribution >= 4 is 50.5 Å². The quantitative estimate of drug-likeness (QED) is 0.842. The van der Waals surface area contributed by atoms with Crippen molar-refractivity contribution in [3.8, 4) is 0 Å². The van der Waals surface area contributed by atoms with Gasteiger partial charge in [-0.1, -0.05) is 29.3 Å². The molecule has 2 heterocycles. The molecule has 82 valence electrons. The number of hydrogen-bond donors (Lipinski definition) is 1. The number of halogens is 2. The van der Waals surface area contributed by atoms with Crippen molar-refractivity contribution < 1.29 is 0 Å². The van der Waals surface area contributed by atoms with Crippen LogP contribution in [0.5, 0.6) is 0 Å². The third-order valence-electron chi connectivity index (χ3n) is 2.50. The van der Waals surface area contributed by atoms with Crippen molar-refractivity contribution in [1.82, 2.24) is 5.32 Å². The summed E-state index contributed by atoms with van der Waals surface area (Å²) >= 11 is 14.1. The van der Waals surface area contributed by atoms with E-state index < -0.39 is 0 Å². The van der Waals surface area contributed by atoms with Gasteiger partial charge in [-0.15, -0.1) is 11.3 Å². The van der Waals surface area contributed by atoms with E-state index in [1.807, 2.05) is 18.2 Å². The molecule has 0 spiro atoms. The Hall–Kier alpha value is -0.770. The molecule has 1 aromatic carbocycles. The van der Waals surface area contributed by atoms with E-state index >= 15 is 0 Å². The molecule has 0 radical (unpaired) electrons. The Kier molecular flexibility index (Phi) is 2.54. The molecule has 3 rings (SSSR count). The number of thiophene rings is 1. The molecule has 0 unspecified atom stereocenters. The highest BCUT2D eigenvalue weighted by Gasteiger charge is 2.18. The highest BCUT2D eigenvalue weighted by Crippen LogP contribution is 2.39. The van der Waals surface area contributed by atoms with Gasteiger partial charge in [-0.25, -0.2) is 0 Å². The molecule has 1 aliphatic heterocycles. The SMILES string of the molecule is Clc1cccc2sc(C3=NCCN3)c(Cl)c12. The van der Waals surface area contributed by atoms with Crippen LogP contribution in [0.3, 0.4) is 0 Å². The average Bonchev–Trinajstić information content (AvgIpc) is 2.86. The van der Waals surface area contributed by atoms with Crippen LogP contribution in [0.1, 0.15) is 4.88 Å². The summed E-state index contributed by atoms with van der Waals surface area (Å²) in [5.41, 5.74) is 0. The lowest BCUT2D eigenvalue weighted by atomic mass is 10.2. The normalized spacial score (nSPS) is 15.2. The number of rotatable bonds is 1. The fourth-order valence-electron chi connectivity index (χ4n) is 1.77. The highest BCUT2D eigenvalue weighted by atomic mass is 35.5. The molecular weight excluding hydrogens is 263 g/mol. The molecule has 0 atom stereocenters. The smallest absolute Gasteiger partial charge is 0.140 e.